The number of hydrogen-bond acceptors (Lipinski definition) is 22. The van der Waals surface area contributed by atoms with E-state index in [1.165, 1.54) is 55.6 Å². The molecular weight excluding hydrogens is 969 g/mol. The van der Waals surface area contributed by atoms with Crippen LogP contribution in [0.5, 0.6) is 11.5 Å². The van der Waals surface area contributed by atoms with Crippen LogP contribution in [0.2, 0.25) is 0 Å². The van der Waals surface area contributed by atoms with Gasteiger partial charge < -0.3 is 25.4 Å². The first-order chi connectivity index (χ1) is 30.2. The zero-order chi connectivity index (χ0) is 48.0. The van der Waals surface area contributed by atoms with Crippen molar-refractivity contribution < 1.29 is 74.3 Å². The molecule has 0 aliphatic rings. The Morgan fingerprint density at radius 1 is 0.600 bits per heavy atom. The quantitative estimate of drug-likeness (QED) is 0.0280. The Kier molecular flexibility index (Phi) is 15.1. The predicted octanol–water partition coefficient (Wildman–Crippen LogP) is 5.24. The molecule has 5 rings (SSSR count). The van der Waals surface area contributed by atoms with Gasteiger partial charge in [-0.1, -0.05) is 6.07 Å². The lowest BCUT2D eigenvalue weighted by Gasteiger charge is -2.16. The fourth-order valence-electron chi connectivity index (χ4n) is 4.99. The lowest BCUT2D eigenvalue weighted by atomic mass is 10.2. The van der Waals surface area contributed by atoms with Crippen molar-refractivity contribution >= 4 is 103 Å². The van der Waals surface area contributed by atoms with Gasteiger partial charge in [0.1, 0.15) is 22.1 Å². The number of rotatable bonds is 20. The van der Waals surface area contributed by atoms with Crippen molar-refractivity contribution in [3.8, 4) is 11.5 Å². The standard InChI is InChI=1S/C33H34N10O17S5/c1-19(62(47,48)49)34-31-37-32(35-25-10-7-21(16-28(25)59-2)41-40-20-5-3-6-23(15-20)63(50,51)52)39-33(38-31)36-26-11-8-22(17-29(26)60-13-4-14-61(44,45)46)42-43-27-12-9-24(64(53,54)55)18-30(27)65(56,57)58/h3,5-12,15-19H,4,13-14H2,1-2H3,(H,44,45,46)(H,47,48,49)(H,50,51,52)(H,53,54,55)(H,56,57,58)(H3,34,35,36,37,38,39). The fourth-order valence-corrected chi connectivity index (χ4v) is 7.48. The van der Waals surface area contributed by atoms with Gasteiger partial charge >= 0.3 is 0 Å². The number of hydrogen-bond donors (Lipinski definition) is 8. The number of anilines is 5. The van der Waals surface area contributed by atoms with Gasteiger partial charge in [0.15, 0.2) is 5.37 Å². The third-order valence-corrected chi connectivity index (χ3v) is 12.4. The second-order valence-electron chi connectivity index (χ2n) is 12.9. The molecule has 27 nitrogen and oxygen atoms in total. The first kappa shape index (κ1) is 49.7. The molecule has 4 aromatic carbocycles. The molecule has 0 fully saturated rings. The fraction of sp³-hybridized carbons (Fsp3) is 0.182. The molecule has 65 heavy (non-hydrogen) atoms. The van der Waals surface area contributed by atoms with Crippen LogP contribution in [0.3, 0.4) is 0 Å². The Hall–Kier alpha value is -6.36. The lowest BCUT2D eigenvalue weighted by Crippen LogP contribution is -2.27. The van der Waals surface area contributed by atoms with Crippen molar-refractivity contribution in [1.29, 1.82) is 0 Å². The summed E-state index contributed by atoms with van der Waals surface area (Å²) in [5, 5.41) is 22.2. The normalized spacial score (nSPS) is 13.2. The first-order valence-corrected chi connectivity index (χ1v) is 25.0. The second-order valence-corrected chi connectivity index (χ2v) is 20.4. The second kappa shape index (κ2) is 19.8. The van der Waals surface area contributed by atoms with Crippen molar-refractivity contribution in [3.05, 3.63) is 78.9 Å². The summed E-state index contributed by atoms with van der Waals surface area (Å²) in [5.41, 5.74) is -0.100. The van der Waals surface area contributed by atoms with E-state index in [0.29, 0.717) is 6.07 Å². The molecule has 0 bridgehead atoms. The van der Waals surface area contributed by atoms with Crippen LogP contribution in [-0.4, -0.2) is 105 Å². The lowest BCUT2D eigenvalue weighted by molar-refractivity contribution is 0.317. The van der Waals surface area contributed by atoms with Gasteiger partial charge in [0.2, 0.25) is 17.8 Å². The topological polar surface area (TPSA) is 415 Å². The molecule has 8 N–H and O–H groups in total. The Labute approximate surface area is 369 Å². The van der Waals surface area contributed by atoms with E-state index in [2.05, 4.69) is 51.4 Å². The van der Waals surface area contributed by atoms with Gasteiger partial charge in [0.05, 0.1) is 57.7 Å². The number of azo groups is 2. The van der Waals surface area contributed by atoms with E-state index in [-0.39, 0.29) is 64.9 Å². The molecule has 1 aromatic heterocycles. The molecule has 1 heterocycles. The predicted molar refractivity (Wildman–Crippen MR) is 228 cm³/mol. The number of benzene rings is 4. The van der Waals surface area contributed by atoms with Crippen molar-refractivity contribution in [3.63, 3.8) is 0 Å². The van der Waals surface area contributed by atoms with E-state index in [4.69, 9.17) is 9.47 Å². The first-order valence-electron chi connectivity index (χ1n) is 17.6. The molecular formula is C33H34N10O17S5. The van der Waals surface area contributed by atoms with Crippen molar-refractivity contribution in [2.75, 3.05) is 35.4 Å². The molecule has 348 valence electrons. The summed E-state index contributed by atoms with van der Waals surface area (Å²) in [5.74, 6) is -1.69. The molecule has 0 saturated carbocycles. The summed E-state index contributed by atoms with van der Waals surface area (Å²) in [6, 6.07) is 15.3. The zero-order valence-corrected chi connectivity index (χ0v) is 37.1. The maximum atomic E-state index is 12.0. The number of methoxy groups -OCH3 is 1. The highest BCUT2D eigenvalue weighted by Gasteiger charge is 2.22. The van der Waals surface area contributed by atoms with Crippen LogP contribution in [0.4, 0.5) is 52.0 Å². The van der Waals surface area contributed by atoms with E-state index < -0.39 is 88.0 Å². The van der Waals surface area contributed by atoms with Crippen LogP contribution in [0.1, 0.15) is 13.3 Å². The van der Waals surface area contributed by atoms with Crippen molar-refractivity contribution in [2.24, 2.45) is 20.5 Å². The Morgan fingerprint density at radius 3 is 1.66 bits per heavy atom. The van der Waals surface area contributed by atoms with Gasteiger partial charge in [0, 0.05) is 12.1 Å². The highest BCUT2D eigenvalue weighted by Crippen LogP contribution is 2.36. The van der Waals surface area contributed by atoms with Gasteiger partial charge in [-0.3, -0.25) is 22.8 Å². The van der Waals surface area contributed by atoms with Crippen LogP contribution >= 0.6 is 0 Å². The number of nitrogens with one attached hydrogen (secondary N) is 3. The Morgan fingerprint density at radius 2 is 1.12 bits per heavy atom. The average molecular weight is 1000 g/mol. The highest BCUT2D eigenvalue weighted by atomic mass is 32.2. The highest BCUT2D eigenvalue weighted by molar-refractivity contribution is 7.87. The van der Waals surface area contributed by atoms with E-state index in [0.717, 1.165) is 31.2 Å². The van der Waals surface area contributed by atoms with Crippen LogP contribution in [-0.2, 0) is 50.6 Å². The zero-order valence-electron chi connectivity index (χ0n) is 33.0. The smallest absolute Gasteiger partial charge is 0.296 e. The molecule has 5 aromatic rings. The SMILES string of the molecule is COc1cc(N=Nc2cccc(S(=O)(=O)O)c2)ccc1Nc1nc(Nc2ccc(N=Nc3ccc(S(=O)(=O)O)cc3S(=O)(=O)O)cc2OCCCS(=O)(=O)O)nc(NC(C)S(=O)(=O)O)n1. The monoisotopic (exact) mass is 1000 g/mol. The maximum absolute atomic E-state index is 12.0. The molecule has 0 spiro atoms. The molecule has 0 aliphatic carbocycles. The summed E-state index contributed by atoms with van der Waals surface area (Å²) in [4.78, 5) is 10.3. The van der Waals surface area contributed by atoms with Gasteiger partial charge in [-0.05, 0) is 74.0 Å². The third-order valence-electron chi connectivity index (χ3n) is 8.04. The number of nitrogens with zero attached hydrogens (tertiary/aromatic N) is 7. The third kappa shape index (κ3) is 14.6. The summed E-state index contributed by atoms with van der Waals surface area (Å²) >= 11 is 0. The number of ether oxygens (including phenoxy) is 2. The maximum Gasteiger partial charge on any atom is 0.296 e. The van der Waals surface area contributed by atoms with Crippen molar-refractivity contribution in [2.45, 2.75) is 33.4 Å². The van der Waals surface area contributed by atoms with Crippen LogP contribution in [0, 0.1) is 0 Å². The number of aromatic nitrogens is 3. The Bertz CT molecular complexity index is 3250. The molecule has 32 heteroatoms. The summed E-state index contributed by atoms with van der Waals surface area (Å²) < 4.78 is 175. The minimum absolute atomic E-state index is 0.0206. The molecule has 0 saturated heterocycles. The molecule has 1 unspecified atom stereocenters. The van der Waals surface area contributed by atoms with Gasteiger partial charge in [-0.15, -0.1) is 5.11 Å². The van der Waals surface area contributed by atoms with Crippen molar-refractivity contribution in [1.82, 2.24) is 15.0 Å². The molecule has 1 atom stereocenters. The van der Waals surface area contributed by atoms with Crippen LogP contribution in [0.15, 0.2) is 114 Å². The largest absolute Gasteiger partial charge is 0.494 e. The minimum Gasteiger partial charge on any atom is -0.494 e. The van der Waals surface area contributed by atoms with Gasteiger partial charge in [-0.25, -0.2) is 0 Å². The molecule has 0 radical (unpaired) electrons. The molecule has 0 aliphatic heterocycles. The van der Waals surface area contributed by atoms with Crippen LogP contribution < -0.4 is 25.4 Å². The van der Waals surface area contributed by atoms with E-state index in [1.807, 2.05) is 0 Å². The summed E-state index contributed by atoms with van der Waals surface area (Å²) in [6.45, 7) is 0.746. The summed E-state index contributed by atoms with van der Waals surface area (Å²) in [6.07, 6.45) is -0.230. The van der Waals surface area contributed by atoms with Gasteiger partial charge in [0.25, 0.3) is 50.6 Å². The van der Waals surface area contributed by atoms with E-state index in [1.54, 1.807) is 0 Å². The van der Waals surface area contributed by atoms with Gasteiger partial charge in [-0.2, -0.15) is 72.4 Å². The van der Waals surface area contributed by atoms with E-state index in [9.17, 15) is 64.9 Å². The summed E-state index contributed by atoms with van der Waals surface area (Å²) in [7, 11) is -22.3. The minimum atomic E-state index is -5.11. The van der Waals surface area contributed by atoms with E-state index >= 15 is 0 Å². The average Bonchev–Trinajstić information content (AvgIpc) is 3.20. The Balaban J connectivity index is 1.50. The van der Waals surface area contributed by atoms with Crippen LogP contribution in [0.25, 0.3) is 0 Å². The molecule has 0 amide bonds.